The lowest BCUT2D eigenvalue weighted by molar-refractivity contribution is -0.140. The zero-order chi connectivity index (χ0) is 14.4. The molecule has 6 nitrogen and oxygen atoms in total. The first kappa shape index (κ1) is 15.4. The third-order valence-electron chi connectivity index (χ3n) is 2.55. The van der Waals surface area contributed by atoms with E-state index in [-0.39, 0.29) is 5.92 Å². The summed E-state index contributed by atoms with van der Waals surface area (Å²) >= 11 is 1.56. The molecule has 19 heavy (non-hydrogen) atoms. The van der Waals surface area contributed by atoms with Crippen LogP contribution in [0.1, 0.15) is 24.5 Å². The quantitative estimate of drug-likeness (QED) is 0.737. The Morgan fingerprint density at radius 1 is 1.47 bits per heavy atom. The number of amides is 2. The number of carboxylic acid groups (broad SMARTS) is 1. The first-order chi connectivity index (χ1) is 8.90. The number of aryl methyl sites for hydroxylation is 1. The number of carbonyl (C=O) groups excluding carboxylic acids is 1. The van der Waals surface area contributed by atoms with Crippen LogP contribution in [0.2, 0.25) is 0 Å². The van der Waals surface area contributed by atoms with E-state index in [4.69, 9.17) is 5.11 Å². The molecule has 1 heterocycles. The number of nitrogens with one attached hydrogen (secondary N) is 2. The maximum absolute atomic E-state index is 11.6. The van der Waals surface area contributed by atoms with Crippen molar-refractivity contribution in [3.05, 3.63) is 16.1 Å². The van der Waals surface area contributed by atoms with Gasteiger partial charge in [0.25, 0.3) is 0 Å². The number of nitrogens with zero attached hydrogens (tertiary/aromatic N) is 1. The van der Waals surface area contributed by atoms with Crippen molar-refractivity contribution in [2.45, 2.75) is 33.2 Å². The lowest BCUT2D eigenvalue weighted by Crippen LogP contribution is -2.48. The van der Waals surface area contributed by atoms with E-state index in [1.165, 1.54) is 0 Å². The smallest absolute Gasteiger partial charge is 0.326 e. The highest BCUT2D eigenvalue weighted by Gasteiger charge is 2.22. The van der Waals surface area contributed by atoms with Crippen LogP contribution in [0, 0.1) is 12.8 Å². The Hall–Kier alpha value is -1.63. The summed E-state index contributed by atoms with van der Waals surface area (Å²) in [5.74, 6) is -1.19. The second kappa shape index (κ2) is 7.08. The number of hydrogen-bond donors (Lipinski definition) is 3. The number of thiazole rings is 1. The minimum atomic E-state index is -1.03. The summed E-state index contributed by atoms with van der Waals surface area (Å²) in [6.45, 7) is 5.85. The number of urea groups is 1. The van der Waals surface area contributed by atoms with Crippen molar-refractivity contribution < 1.29 is 14.7 Å². The Morgan fingerprint density at radius 3 is 2.63 bits per heavy atom. The van der Waals surface area contributed by atoms with Gasteiger partial charge in [-0.05, 0) is 12.8 Å². The Morgan fingerprint density at radius 2 is 2.16 bits per heavy atom. The molecule has 2 amide bonds. The average molecular weight is 285 g/mol. The summed E-state index contributed by atoms with van der Waals surface area (Å²) in [7, 11) is 0. The van der Waals surface area contributed by atoms with Crippen molar-refractivity contribution in [3.8, 4) is 0 Å². The van der Waals surface area contributed by atoms with Gasteiger partial charge in [-0.25, -0.2) is 14.6 Å². The van der Waals surface area contributed by atoms with Crippen LogP contribution in [0.15, 0.2) is 5.38 Å². The summed E-state index contributed by atoms with van der Waals surface area (Å²) in [6, 6.07) is -1.34. The summed E-state index contributed by atoms with van der Waals surface area (Å²) in [6.07, 6.45) is 0.636. The van der Waals surface area contributed by atoms with Crippen LogP contribution in [0.25, 0.3) is 0 Å². The van der Waals surface area contributed by atoms with E-state index in [0.717, 1.165) is 10.7 Å². The molecule has 7 heteroatoms. The molecule has 0 bridgehead atoms. The summed E-state index contributed by atoms with van der Waals surface area (Å²) in [5.41, 5.74) is 0.932. The first-order valence-electron chi connectivity index (χ1n) is 6.08. The summed E-state index contributed by atoms with van der Waals surface area (Å²) < 4.78 is 0. The van der Waals surface area contributed by atoms with E-state index >= 15 is 0 Å². The van der Waals surface area contributed by atoms with Gasteiger partial charge in [0, 0.05) is 18.3 Å². The van der Waals surface area contributed by atoms with Gasteiger partial charge in [-0.1, -0.05) is 13.8 Å². The number of aliphatic carboxylic acids is 1. The maximum atomic E-state index is 11.6. The monoisotopic (exact) mass is 285 g/mol. The molecule has 0 aliphatic heterocycles. The molecule has 1 aromatic rings. The van der Waals surface area contributed by atoms with Gasteiger partial charge in [0.05, 0.1) is 10.7 Å². The van der Waals surface area contributed by atoms with E-state index in [9.17, 15) is 9.59 Å². The fraction of sp³-hybridized carbons (Fsp3) is 0.583. The minimum Gasteiger partial charge on any atom is -0.480 e. The molecule has 0 radical (unpaired) electrons. The Bertz CT molecular complexity index is 445. The third-order valence-corrected chi connectivity index (χ3v) is 3.37. The zero-order valence-corrected chi connectivity index (χ0v) is 12.1. The van der Waals surface area contributed by atoms with Gasteiger partial charge in [-0.2, -0.15) is 0 Å². The van der Waals surface area contributed by atoms with Gasteiger partial charge in [0.2, 0.25) is 0 Å². The molecule has 0 saturated heterocycles. The van der Waals surface area contributed by atoms with E-state index < -0.39 is 18.0 Å². The molecule has 0 aliphatic rings. The van der Waals surface area contributed by atoms with Crippen LogP contribution >= 0.6 is 11.3 Å². The van der Waals surface area contributed by atoms with Crippen LogP contribution in [0.3, 0.4) is 0 Å². The van der Waals surface area contributed by atoms with Crippen molar-refractivity contribution in [2.24, 2.45) is 5.92 Å². The second-order valence-electron chi connectivity index (χ2n) is 4.57. The Kier molecular flexibility index (Phi) is 5.75. The van der Waals surface area contributed by atoms with E-state index in [2.05, 4.69) is 15.6 Å². The van der Waals surface area contributed by atoms with Gasteiger partial charge in [-0.15, -0.1) is 11.3 Å². The van der Waals surface area contributed by atoms with E-state index in [1.54, 1.807) is 25.2 Å². The van der Waals surface area contributed by atoms with Crippen molar-refractivity contribution >= 4 is 23.3 Å². The molecule has 1 aromatic heterocycles. The van der Waals surface area contributed by atoms with Gasteiger partial charge < -0.3 is 15.7 Å². The predicted octanol–water partition coefficient (Wildman–Crippen LogP) is 1.40. The highest BCUT2D eigenvalue weighted by molar-refractivity contribution is 7.09. The molecule has 0 unspecified atom stereocenters. The van der Waals surface area contributed by atoms with Crippen LogP contribution in [0.4, 0.5) is 4.79 Å². The lowest BCUT2D eigenvalue weighted by Gasteiger charge is -2.18. The van der Waals surface area contributed by atoms with Crippen LogP contribution in [-0.2, 0) is 11.2 Å². The molecule has 0 aliphatic carbocycles. The number of rotatable bonds is 6. The number of carbonyl (C=O) groups is 2. The number of aromatic nitrogens is 1. The van der Waals surface area contributed by atoms with Crippen molar-refractivity contribution in [2.75, 3.05) is 6.54 Å². The fourth-order valence-corrected chi connectivity index (χ4v) is 2.18. The standard InChI is InChI=1S/C12H19N3O3S/c1-7(2)10(11(16)17)15-12(18)13-5-4-9-6-19-8(3)14-9/h6-7,10H,4-5H2,1-3H3,(H,16,17)(H2,13,15,18)/t10-/m0/s1. The van der Waals surface area contributed by atoms with Gasteiger partial charge >= 0.3 is 12.0 Å². The third kappa shape index (κ3) is 5.25. The van der Waals surface area contributed by atoms with Crippen molar-refractivity contribution in [3.63, 3.8) is 0 Å². The van der Waals surface area contributed by atoms with E-state index in [1.807, 2.05) is 12.3 Å². The summed E-state index contributed by atoms with van der Waals surface area (Å²) in [4.78, 5) is 26.8. The summed E-state index contributed by atoms with van der Waals surface area (Å²) in [5, 5.41) is 17.0. The minimum absolute atomic E-state index is 0.163. The van der Waals surface area contributed by atoms with Crippen LogP contribution in [0.5, 0.6) is 0 Å². The molecule has 0 saturated carbocycles. The second-order valence-corrected chi connectivity index (χ2v) is 5.63. The SMILES string of the molecule is Cc1nc(CCNC(=O)N[C@H](C(=O)O)C(C)C)cs1. The normalized spacial score (nSPS) is 12.2. The molecule has 1 atom stereocenters. The fourth-order valence-electron chi connectivity index (χ4n) is 1.53. The van der Waals surface area contributed by atoms with E-state index in [0.29, 0.717) is 13.0 Å². The number of hydrogen-bond acceptors (Lipinski definition) is 4. The van der Waals surface area contributed by atoms with Gasteiger partial charge in [0.1, 0.15) is 6.04 Å². The zero-order valence-electron chi connectivity index (χ0n) is 11.3. The van der Waals surface area contributed by atoms with Crippen molar-refractivity contribution in [1.82, 2.24) is 15.6 Å². The highest BCUT2D eigenvalue weighted by Crippen LogP contribution is 2.07. The predicted molar refractivity (Wildman–Crippen MR) is 73.4 cm³/mol. The largest absolute Gasteiger partial charge is 0.480 e. The Labute approximate surface area is 116 Å². The van der Waals surface area contributed by atoms with Gasteiger partial charge in [0.15, 0.2) is 0 Å². The molecule has 0 fully saturated rings. The molecule has 0 aromatic carbocycles. The average Bonchev–Trinajstić information content (AvgIpc) is 2.71. The molecule has 0 spiro atoms. The molecular weight excluding hydrogens is 266 g/mol. The molecule has 106 valence electrons. The van der Waals surface area contributed by atoms with Crippen LogP contribution < -0.4 is 10.6 Å². The molecule has 1 rings (SSSR count). The molecule has 3 N–H and O–H groups in total. The van der Waals surface area contributed by atoms with Gasteiger partial charge in [-0.3, -0.25) is 0 Å². The topological polar surface area (TPSA) is 91.3 Å². The maximum Gasteiger partial charge on any atom is 0.326 e. The number of carboxylic acids is 1. The highest BCUT2D eigenvalue weighted by atomic mass is 32.1. The first-order valence-corrected chi connectivity index (χ1v) is 6.96. The van der Waals surface area contributed by atoms with Crippen LogP contribution in [-0.4, -0.2) is 34.7 Å². The van der Waals surface area contributed by atoms with Crippen molar-refractivity contribution in [1.29, 1.82) is 0 Å². The Balaban J connectivity index is 2.33. The molecular formula is C12H19N3O3S. The lowest BCUT2D eigenvalue weighted by atomic mass is 10.1.